The number of amides is 1. The van der Waals surface area contributed by atoms with E-state index in [1.54, 1.807) is 72.8 Å². The van der Waals surface area contributed by atoms with E-state index in [2.05, 4.69) is 0 Å². The third kappa shape index (κ3) is 9.49. The van der Waals surface area contributed by atoms with Crippen LogP contribution < -0.4 is 14.2 Å². The summed E-state index contributed by atoms with van der Waals surface area (Å²) in [6.07, 6.45) is 0. The minimum Gasteiger partial charge on any atom is -0.488 e. The van der Waals surface area contributed by atoms with Crippen LogP contribution in [0.1, 0.15) is 58.9 Å². The van der Waals surface area contributed by atoms with Crippen LogP contribution in [-0.4, -0.2) is 26.0 Å². The number of carbonyl (C=O) groups is 2. The summed E-state index contributed by atoms with van der Waals surface area (Å²) in [5, 5.41) is 0. The minimum atomic E-state index is -5.63. The maximum Gasteiger partial charge on any atom is 0.342 e. The number of sulfonamides is 1. The van der Waals surface area contributed by atoms with Gasteiger partial charge in [-0.15, -0.1) is 0 Å². The van der Waals surface area contributed by atoms with Gasteiger partial charge in [0.05, 0.1) is 6.54 Å². The average Bonchev–Trinajstić information content (AvgIpc) is 3.17. The number of hydrogen-bond acceptors (Lipinski definition) is 6. The number of hydrogen-bond donors (Lipinski definition) is 0. The van der Waals surface area contributed by atoms with Gasteiger partial charge in [-0.05, 0) is 46.7 Å². The van der Waals surface area contributed by atoms with Crippen molar-refractivity contribution in [2.75, 3.05) is 15.2 Å². The van der Waals surface area contributed by atoms with Crippen LogP contribution in [0.3, 0.4) is 0 Å². The van der Waals surface area contributed by atoms with Gasteiger partial charge >= 0.3 is 5.97 Å². The molecule has 55 heavy (non-hydrogen) atoms. The van der Waals surface area contributed by atoms with E-state index in [4.69, 9.17) is 9.47 Å². The molecule has 0 bridgehead atoms. The molecule has 5 rings (SSSR count). The molecule has 1 amide bonds. The predicted octanol–water partition coefficient (Wildman–Crippen LogP) is 9.04. The molecule has 0 saturated carbocycles. The van der Waals surface area contributed by atoms with Crippen LogP contribution in [-0.2, 0) is 44.7 Å². The second kappa shape index (κ2) is 16.7. The van der Waals surface area contributed by atoms with Gasteiger partial charge in [0.1, 0.15) is 24.5 Å². The zero-order valence-corrected chi connectivity index (χ0v) is 31.1. The van der Waals surface area contributed by atoms with Gasteiger partial charge in [-0.25, -0.2) is 30.8 Å². The quantitative estimate of drug-likeness (QED) is 0.0513. The Kier molecular flexibility index (Phi) is 12.3. The Morgan fingerprint density at radius 2 is 1.25 bits per heavy atom. The highest BCUT2D eigenvalue weighted by molar-refractivity contribution is 7.93. The molecule has 0 heterocycles. The lowest BCUT2D eigenvalue weighted by atomic mass is 9.87. The number of rotatable bonds is 13. The highest BCUT2D eigenvalue weighted by Gasteiger charge is 2.37. The molecule has 0 aliphatic heterocycles. The predicted molar refractivity (Wildman–Crippen MR) is 197 cm³/mol. The third-order valence-corrected chi connectivity index (χ3v) is 9.88. The van der Waals surface area contributed by atoms with Crippen molar-refractivity contribution in [1.29, 1.82) is 0 Å². The van der Waals surface area contributed by atoms with Gasteiger partial charge in [0.2, 0.25) is 5.91 Å². The Morgan fingerprint density at radius 3 is 1.80 bits per heavy atom. The van der Waals surface area contributed by atoms with Gasteiger partial charge in [-0.3, -0.25) is 4.79 Å². The molecular formula is C41H37F5N2O6S. The number of carbonyl (C=O) groups excluding carboxylic acids is 2. The highest BCUT2D eigenvalue weighted by atomic mass is 32.2. The number of anilines is 2. The number of halogens is 5. The van der Waals surface area contributed by atoms with E-state index in [0.29, 0.717) is 18.1 Å². The van der Waals surface area contributed by atoms with E-state index in [-0.39, 0.29) is 42.2 Å². The van der Waals surface area contributed by atoms with E-state index in [0.717, 1.165) is 16.0 Å². The molecule has 288 valence electrons. The maximum atomic E-state index is 15.4. The van der Waals surface area contributed by atoms with Crippen LogP contribution >= 0.6 is 0 Å². The fraction of sp³-hybridized carbons (Fsp3) is 0.220. The Bertz CT molecular complexity index is 2260. The molecule has 5 aromatic rings. The molecule has 0 spiro atoms. The lowest BCUT2D eigenvalue weighted by Gasteiger charge is -2.26. The summed E-state index contributed by atoms with van der Waals surface area (Å²) in [5.41, 5.74) is -0.715. The van der Waals surface area contributed by atoms with Gasteiger partial charge in [-0.2, -0.15) is 0 Å². The van der Waals surface area contributed by atoms with Crippen molar-refractivity contribution in [2.45, 2.75) is 52.9 Å². The molecule has 0 radical (unpaired) electrons. The van der Waals surface area contributed by atoms with Crippen LogP contribution in [0.25, 0.3) is 0 Å². The van der Waals surface area contributed by atoms with Gasteiger partial charge in [0.15, 0.2) is 34.7 Å². The van der Waals surface area contributed by atoms with Gasteiger partial charge in [-0.1, -0.05) is 115 Å². The Morgan fingerprint density at radius 1 is 0.709 bits per heavy atom. The summed E-state index contributed by atoms with van der Waals surface area (Å²) in [6.45, 7) is 6.25. The molecule has 14 heteroatoms. The van der Waals surface area contributed by atoms with Crippen molar-refractivity contribution >= 4 is 33.3 Å². The van der Waals surface area contributed by atoms with Crippen molar-refractivity contribution in [3.05, 3.63) is 160 Å². The second-order valence-electron chi connectivity index (χ2n) is 13.6. The first-order chi connectivity index (χ1) is 26.0. The number of nitrogens with zero attached hydrogens (tertiary/aromatic N) is 2. The zero-order valence-electron chi connectivity index (χ0n) is 30.3. The largest absolute Gasteiger partial charge is 0.488 e. The lowest BCUT2D eigenvalue weighted by Crippen LogP contribution is -2.39. The van der Waals surface area contributed by atoms with Crippen LogP contribution in [0.4, 0.5) is 33.4 Å². The average molecular weight is 781 g/mol. The molecule has 0 aliphatic rings. The molecule has 0 atom stereocenters. The van der Waals surface area contributed by atoms with Crippen molar-refractivity contribution < 1.29 is 49.5 Å². The fourth-order valence-electron chi connectivity index (χ4n) is 5.43. The number of benzene rings is 5. The van der Waals surface area contributed by atoms with Crippen LogP contribution in [0.15, 0.2) is 103 Å². The first kappa shape index (κ1) is 40.4. The number of esters is 1. The molecule has 8 nitrogen and oxygen atoms in total. The van der Waals surface area contributed by atoms with Gasteiger partial charge < -0.3 is 14.4 Å². The Labute approximate surface area is 315 Å². The summed E-state index contributed by atoms with van der Waals surface area (Å²) in [4.78, 5) is 28.2. The normalized spacial score (nSPS) is 11.6. The standard InChI is InChI=1S/C41H37F5N2O6S/c1-26-35(42)37(44)39(38(45)36(26)43)48(46)55(51,52)25-34(49)47(22-27-15-17-30(18-16-27)41(2,3)4)31-19-20-32(40(50)54-24-29-13-9-6-10-14-29)33(21-31)53-23-28-11-7-5-8-12-28/h5-21H,22-25H2,1-4H3. The molecule has 0 unspecified atom stereocenters. The van der Waals surface area contributed by atoms with Crippen molar-refractivity contribution in [1.82, 2.24) is 0 Å². The van der Waals surface area contributed by atoms with Crippen LogP contribution in [0.5, 0.6) is 5.75 Å². The lowest BCUT2D eigenvalue weighted by molar-refractivity contribution is -0.116. The minimum absolute atomic E-state index is 0.0158. The van der Waals surface area contributed by atoms with E-state index >= 15 is 4.48 Å². The molecule has 0 saturated heterocycles. The smallest absolute Gasteiger partial charge is 0.342 e. The second-order valence-corrected chi connectivity index (χ2v) is 15.4. The van der Waals surface area contributed by atoms with Crippen molar-refractivity contribution in [2.24, 2.45) is 0 Å². The third-order valence-electron chi connectivity index (χ3n) is 8.59. The summed E-state index contributed by atoms with van der Waals surface area (Å²) in [7, 11) is -5.63. The highest BCUT2D eigenvalue weighted by Crippen LogP contribution is 2.34. The molecule has 0 fully saturated rings. The van der Waals surface area contributed by atoms with Crippen LogP contribution in [0, 0.1) is 30.2 Å². The van der Waals surface area contributed by atoms with Crippen molar-refractivity contribution in [3.8, 4) is 5.75 Å². The summed E-state index contributed by atoms with van der Waals surface area (Å²) < 4.78 is 110. The zero-order chi connectivity index (χ0) is 40.1. The SMILES string of the molecule is Cc1c(F)c(F)c(N(F)S(=O)(=O)CC(=O)N(Cc2ccc(C(C)(C)C)cc2)c2ccc(C(=O)OCc3ccccc3)c(OCc3ccccc3)c2)c(F)c1F. The Hall–Kier alpha value is -5.76. The maximum absolute atomic E-state index is 15.4. The van der Waals surface area contributed by atoms with E-state index < -0.39 is 66.7 Å². The summed E-state index contributed by atoms with van der Waals surface area (Å²) >= 11 is 0. The fourth-order valence-corrected chi connectivity index (χ4v) is 6.45. The molecule has 0 aliphatic carbocycles. The summed E-state index contributed by atoms with van der Waals surface area (Å²) in [5.74, 6) is -12.5. The van der Waals surface area contributed by atoms with Crippen molar-refractivity contribution in [3.63, 3.8) is 0 Å². The topological polar surface area (TPSA) is 93.2 Å². The Balaban J connectivity index is 1.53. The first-order valence-electron chi connectivity index (χ1n) is 16.9. The molecular weight excluding hydrogens is 744 g/mol. The van der Waals surface area contributed by atoms with E-state index in [1.165, 1.54) is 18.2 Å². The van der Waals surface area contributed by atoms with Gasteiger partial charge in [0, 0.05) is 17.3 Å². The monoisotopic (exact) mass is 780 g/mol. The molecule has 5 aromatic carbocycles. The van der Waals surface area contributed by atoms with E-state index in [9.17, 15) is 35.6 Å². The molecule has 0 N–H and O–H groups in total. The molecule has 0 aromatic heterocycles. The van der Waals surface area contributed by atoms with Gasteiger partial charge in [0.25, 0.3) is 10.0 Å². The van der Waals surface area contributed by atoms with Crippen LogP contribution in [0.2, 0.25) is 0 Å². The first-order valence-corrected chi connectivity index (χ1v) is 18.5. The van der Waals surface area contributed by atoms with E-state index in [1.807, 2.05) is 32.9 Å². The number of ether oxygens (including phenoxy) is 2. The summed E-state index contributed by atoms with van der Waals surface area (Å²) in [6, 6.07) is 28.7.